The van der Waals surface area contributed by atoms with Gasteiger partial charge < -0.3 is 20.1 Å². The first kappa shape index (κ1) is 32.0. The lowest BCUT2D eigenvalue weighted by molar-refractivity contribution is -0.150. The van der Waals surface area contributed by atoms with Crippen LogP contribution >= 0.6 is 0 Å². The monoisotopic (exact) mass is 614 g/mol. The average Bonchev–Trinajstić information content (AvgIpc) is 3.09. The fourth-order valence-electron chi connectivity index (χ4n) is 5.45. The summed E-state index contributed by atoms with van der Waals surface area (Å²) in [5.41, 5.74) is 3.60. The molecule has 234 valence electrons. The quantitative estimate of drug-likeness (QED) is 0.131. The van der Waals surface area contributed by atoms with E-state index in [-0.39, 0.29) is 26.1 Å². The van der Waals surface area contributed by atoms with E-state index in [2.05, 4.69) is 5.32 Å². The van der Waals surface area contributed by atoms with Crippen molar-refractivity contribution in [2.75, 3.05) is 6.54 Å². The number of aryl methyl sites for hydroxylation is 1. The summed E-state index contributed by atoms with van der Waals surface area (Å²) in [4.78, 5) is 41.3. The van der Waals surface area contributed by atoms with E-state index in [0.29, 0.717) is 12.8 Å². The fraction of sp³-hybridized carbons (Fsp3) is 0.205. The largest absolute Gasteiger partial charge is 0.480 e. The van der Waals surface area contributed by atoms with Crippen LogP contribution in [0.3, 0.4) is 0 Å². The smallest absolute Gasteiger partial charge is 0.326 e. The number of carbonyl (C=O) groups excluding carboxylic acids is 2. The number of amides is 2. The molecule has 2 amide bonds. The zero-order valence-electron chi connectivity index (χ0n) is 25.6. The number of nitrogens with zero attached hydrogens (tertiary/aromatic N) is 1. The summed E-state index contributed by atoms with van der Waals surface area (Å²) in [7, 11) is 0. The number of aliphatic carboxylic acids is 1. The van der Waals surface area contributed by atoms with E-state index in [4.69, 9.17) is 4.74 Å². The van der Waals surface area contributed by atoms with Gasteiger partial charge in [-0.3, -0.25) is 4.79 Å². The molecule has 0 aliphatic heterocycles. The molecule has 7 nitrogen and oxygen atoms in total. The van der Waals surface area contributed by atoms with E-state index in [9.17, 15) is 19.5 Å². The Morgan fingerprint density at radius 1 is 0.674 bits per heavy atom. The summed E-state index contributed by atoms with van der Waals surface area (Å²) in [5, 5.41) is 14.9. The third-order valence-corrected chi connectivity index (χ3v) is 7.98. The number of carboxylic acid groups (broad SMARTS) is 1. The van der Waals surface area contributed by atoms with Gasteiger partial charge in [0, 0.05) is 19.5 Å². The second kappa shape index (κ2) is 16.0. The van der Waals surface area contributed by atoms with Gasteiger partial charge in [0.2, 0.25) is 0 Å². The van der Waals surface area contributed by atoms with E-state index in [0.717, 1.165) is 33.0 Å². The summed E-state index contributed by atoms with van der Waals surface area (Å²) in [5.74, 6) is -2.18. The van der Waals surface area contributed by atoms with Gasteiger partial charge >= 0.3 is 18.0 Å². The number of ether oxygens (including phenoxy) is 1. The summed E-state index contributed by atoms with van der Waals surface area (Å²) in [6.45, 7) is 0.380. The summed E-state index contributed by atoms with van der Waals surface area (Å²) < 4.78 is 5.75. The number of hydrogen-bond acceptors (Lipinski definition) is 4. The van der Waals surface area contributed by atoms with Gasteiger partial charge in [-0.2, -0.15) is 0 Å². The van der Waals surface area contributed by atoms with Gasteiger partial charge in [0.25, 0.3) is 0 Å². The first-order chi connectivity index (χ1) is 22.4. The second-order valence-electron chi connectivity index (χ2n) is 11.4. The topological polar surface area (TPSA) is 95.9 Å². The lowest BCUT2D eigenvalue weighted by Gasteiger charge is -2.29. The molecule has 2 atom stereocenters. The van der Waals surface area contributed by atoms with Crippen molar-refractivity contribution in [1.82, 2.24) is 10.2 Å². The highest BCUT2D eigenvalue weighted by Crippen LogP contribution is 2.19. The maximum Gasteiger partial charge on any atom is 0.326 e. The van der Waals surface area contributed by atoms with E-state index >= 15 is 0 Å². The molecule has 2 N–H and O–H groups in total. The molecule has 5 rings (SSSR count). The number of rotatable bonds is 14. The first-order valence-corrected chi connectivity index (χ1v) is 15.5. The summed E-state index contributed by atoms with van der Waals surface area (Å²) in [6.07, 6.45) is 1.18. The van der Waals surface area contributed by atoms with Crippen LogP contribution in [0.4, 0.5) is 4.79 Å². The molecule has 46 heavy (non-hydrogen) atoms. The fourth-order valence-corrected chi connectivity index (χ4v) is 5.45. The van der Waals surface area contributed by atoms with Gasteiger partial charge in [-0.25, -0.2) is 9.59 Å². The van der Waals surface area contributed by atoms with Crippen molar-refractivity contribution < 1.29 is 24.2 Å². The van der Waals surface area contributed by atoms with Crippen LogP contribution in [-0.2, 0) is 40.3 Å². The number of carbonyl (C=O) groups is 3. The second-order valence-corrected chi connectivity index (χ2v) is 11.4. The Labute approximate surface area is 269 Å². The Bertz CT molecular complexity index is 1730. The van der Waals surface area contributed by atoms with Crippen molar-refractivity contribution in [3.63, 3.8) is 0 Å². The SMILES string of the molecule is O=C(OCc1ccccc1)[C@@H](CCc1ccccc1)CN(Cc1ccccc1)C(=O)N[C@@H](Cc1ccc2ccccc2c1)C(=O)O. The van der Waals surface area contributed by atoms with Crippen LogP contribution in [0.5, 0.6) is 0 Å². The third kappa shape index (κ3) is 9.29. The Hall–Kier alpha value is -5.43. The van der Waals surface area contributed by atoms with Crippen LogP contribution in [-0.4, -0.2) is 40.6 Å². The van der Waals surface area contributed by atoms with E-state index in [1.54, 1.807) is 0 Å². The van der Waals surface area contributed by atoms with Gasteiger partial charge in [-0.1, -0.05) is 133 Å². The van der Waals surface area contributed by atoms with Crippen molar-refractivity contribution in [1.29, 1.82) is 0 Å². The highest BCUT2D eigenvalue weighted by Gasteiger charge is 2.29. The minimum Gasteiger partial charge on any atom is -0.480 e. The van der Waals surface area contributed by atoms with Crippen LogP contribution in [0.15, 0.2) is 133 Å². The molecule has 0 unspecified atom stereocenters. The maximum absolute atomic E-state index is 13.9. The van der Waals surface area contributed by atoms with Gasteiger partial charge in [0.1, 0.15) is 12.6 Å². The van der Waals surface area contributed by atoms with Crippen LogP contribution in [0.2, 0.25) is 0 Å². The average molecular weight is 615 g/mol. The molecule has 0 bridgehead atoms. The van der Waals surface area contributed by atoms with Crippen molar-refractivity contribution >= 4 is 28.7 Å². The zero-order chi connectivity index (χ0) is 32.1. The number of nitrogens with one attached hydrogen (secondary N) is 1. The Balaban J connectivity index is 1.35. The number of urea groups is 1. The molecule has 0 aromatic heterocycles. The summed E-state index contributed by atoms with van der Waals surface area (Å²) in [6, 6.07) is 40.7. The number of benzene rings is 5. The molecule has 0 fully saturated rings. The van der Waals surface area contributed by atoms with Crippen LogP contribution in [0.1, 0.15) is 28.7 Å². The number of carboxylic acids is 1. The molecule has 5 aromatic rings. The normalized spacial score (nSPS) is 12.2. The predicted octanol–water partition coefficient (Wildman–Crippen LogP) is 7.04. The lowest BCUT2D eigenvalue weighted by Crippen LogP contribution is -2.50. The molecular formula is C39H38N2O5. The van der Waals surface area contributed by atoms with Crippen molar-refractivity contribution in [3.8, 4) is 0 Å². The van der Waals surface area contributed by atoms with Crippen LogP contribution in [0.25, 0.3) is 10.8 Å². The minimum atomic E-state index is -1.17. The Kier molecular flexibility index (Phi) is 11.2. The molecule has 0 spiro atoms. The van der Waals surface area contributed by atoms with E-state index in [1.807, 2.05) is 133 Å². The molecule has 0 saturated heterocycles. The van der Waals surface area contributed by atoms with Crippen LogP contribution < -0.4 is 5.32 Å². The standard InChI is InChI=1S/C39H38N2O5/c42-37(43)36(25-32-21-22-33-18-10-11-19-34(33)24-32)40-39(45)41(26-30-14-6-2-7-15-30)27-35(23-20-29-12-4-1-5-13-29)38(44)46-28-31-16-8-3-9-17-31/h1-19,21-22,24,35-36H,20,23,25-28H2,(H,40,45)(H,42,43)/t35-,36-/m0/s1. The molecule has 0 radical (unpaired) electrons. The van der Waals surface area contributed by atoms with E-state index in [1.165, 1.54) is 4.90 Å². The van der Waals surface area contributed by atoms with Crippen molar-refractivity contribution in [3.05, 3.63) is 156 Å². The third-order valence-electron chi connectivity index (χ3n) is 7.98. The zero-order valence-corrected chi connectivity index (χ0v) is 25.6. The molecule has 0 aliphatic rings. The molecule has 0 aliphatic carbocycles. The van der Waals surface area contributed by atoms with E-state index < -0.39 is 29.9 Å². The molecular weight excluding hydrogens is 576 g/mol. The molecule has 5 aromatic carbocycles. The Morgan fingerprint density at radius 2 is 1.26 bits per heavy atom. The maximum atomic E-state index is 13.9. The molecule has 0 saturated carbocycles. The Morgan fingerprint density at radius 3 is 1.91 bits per heavy atom. The number of hydrogen-bond donors (Lipinski definition) is 2. The first-order valence-electron chi connectivity index (χ1n) is 15.5. The van der Waals surface area contributed by atoms with Gasteiger partial charge in [0.05, 0.1) is 5.92 Å². The van der Waals surface area contributed by atoms with Crippen LogP contribution in [0, 0.1) is 5.92 Å². The highest BCUT2D eigenvalue weighted by atomic mass is 16.5. The predicted molar refractivity (Wildman–Crippen MR) is 179 cm³/mol. The van der Waals surface area contributed by atoms with Gasteiger partial charge in [0.15, 0.2) is 0 Å². The lowest BCUT2D eigenvalue weighted by atomic mass is 9.98. The number of fused-ring (bicyclic) bond motifs is 1. The molecule has 0 heterocycles. The number of esters is 1. The summed E-state index contributed by atoms with van der Waals surface area (Å²) >= 11 is 0. The van der Waals surface area contributed by atoms with Crippen molar-refractivity contribution in [2.45, 2.75) is 38.5 Å². The van der Waals surface area contributed by atoms with Crippen molar-refractivity contribution in [2.24, 2.45) is 5.92 Å². The highest BCUT2D eigenvalue weighted by molar-refractivity contribution is 5.85. The van der Waals surface area contributed by atoms with Gasteiger partial charge in [-0.15, -0.1) is 0 Å². The van der Waals surface area contributed by atoms with Gasteiger partial charge in [-0.05, 0) is 45.9 Å². The minimum absolute atomic E-state index is 0.0590. The molecule has 7 heteroatoms.